The number of benzene rings is 1. The van der Waals surface area contributed by atoms with E-state index in [9.17, 15) is 14.4 Å². The van der Waals surface area contributed by atoms with Gasteiger partial charge in [0.05, 0.1) is 19.2 Å². The molecule has 1 aromatic rings. The van der Waals surface area contributed by atoms with Gasteiger partial charge in [-0.25, -0.2) is 4.90 Å². The van der Waals surface area contributed by atoms with Gasteiger partial charge < -0.3 is 9.64 Å². The van der Waals surface area contributed by atoms with E-state index in [4.69, 9.17) is 4.74 Å². The molecule has 1 aliphatic heterocycles. The first-order valence-electron chi connectivity index (χ1n) is 7.32. The highest BCUT2D eigenvalue weighted by atomic mass is 16.5. The molecule has 2 aliphatic rings. The molecule has 1 aliphatic carbocycles. The second kappa shape index (κ2) is 5.44. The summed E-state index contributed by atoms with van der Waals surface area (Å²) in [5, 5.41) is 0. The summed E-state index contributed by atoms with van der Waals surface area (Å²) < 4.78 is 5.07. The number of carbonyl (C=O) groups excluding carboxylic acids is 3. The maximum Gasteiger partial charge on any atom is 0.257 e. The second-order valence-corrected chi connectivity index (χ2v) is 5.64. The van der Waals surface area contributed by atoms with Crippen LogP contribution in [-0.2, 0) is 14.4 Å². The Labute approximate surface area is 128 Å². The van der Waals surface area contributed by atoms with Gasteiger partial charge in [0.15, 0.2) is 0 Å². The number of hydrogen-bond acceptors (Lipinski definition) is 4. The van der Waals surface area contributed by atoms with Gasteiger partial charge >= 0.3 is 0 Å². The first-order valence-corrected chi connectivity index (χ1v) is 7.32. The molecule has 116 valence electrons. The zero-order valence-corrected chi connectivity index (χ0v) is 12.6. The van der Waals surface area contributed by atoms with E-state index in [0.29, 0.717) is 11.4 Å². The quantitative estimate of drug-likeness (QED) is 0.787. The number of ether oxygens (including phenoxy) is 1. The van der Waals surface area contributed by atoms with Crippen molar-refractivity contribution in [2.24, 2.45) is 0 Å². The number of carbonyl (C=O) groups is 3. The second-order valence-electron chi connectivity index (χ2n) is 5.64. The van der Waals surface area contributed by atoms with Gasteiger partial charge in [0.2, 0.25) is 11.8 Å². The molecule has 1 atom stereocenters. The minimum atomic E-state index is -0.667. The SMILES string of the molecule is COc1ccc(N2C(=O)CC(N(C(C)=O)C3CC3)C2=O)cc1. The molecule has 3 amide bonds. The molecule has 22 heavy (non-hydrogen) atoms. The van der Waals surface area contributed by atoms with Gasteiger partial charge in [0, 0.05) is 13.0 Å². The van der Waals surface area contributed by atoms with Gasteiger partial charge in [0.1, 0.15) is 11.8 Å². The van der Waals surface area contributed by atoms with Gasteiger partial charge in [0.25, 0.3) is 5.91 Å². The van der Waals surface area contributed by atoms with E-state index in [0.717, 1.165) is 12.8 Å². The smallest absolute Gasteiger partial charge is 0.257 e. The Morgan fingerprint density at radius 1 is 1.23 bits per heavy atom. The fourth-order valence-corrected chi connectivity index (χ4v) is 2.92. The fourth-order valence-electron chi connectivity index (χ4n) is 2.92. The van der Waals surface area contributed by atoms with Gasteiger partial charge in [-0.05, 0) is 37.1 Å². The normalized spacial score (nSPS) is 21.2. The number of hydrogen-bond donors (Lipinski definition) is 0. The summed E-state index contributed by atoms with van der Waals surface area (Å²) in [4.78, 5) is 39.4. The lowest BCUT2D eigenvalue weighted by Gasteiger charge is -2.26. The van der Waals surface area contributed by atoms with Crippen molar-refractivity contribution in [1.82, 2.24) is 4.90 Å². The molecular formula is C16H18N2O4. The van der Waals surface area contributed by atoms with Crippen LogP contribution in [0.3, 0.4) is 0 Å². The number of amides is 3. The van der Waals surface area contributed by atoms with Gasteiger partial charge in [-0.2, -0.15) is 0 Å². The van der Waals surface area contributed by atoms with E-state index in [1.165, 1.54) is 11.8 Å². The number of nitrogens with zero attached hydrogens (tertiary/aromatic N) is 2. The molecule has 1 heterocycles. The third kappa shape index (κ3) is 2.45. The largest absolute Gasteiger partial charge is 0.497 e. The van der Waals surface area contributed by atoms with E-state index < -0.39 is 6.04 Å². The lowest BCUT2D eigenvalue weighted by Crippen LogP contribution is -2.45. The van der Waals surface area contributed by atoms with Gasteiger partial charge in [-0.1, -0.05) is 0 Å². The van der Waals surface area contributed by atoms with Crippen LogP contribution in [0, 0.1) is 0 Å². The lowest BCUT2D eigenvalue weighted by molar-refractivity contribution is -0.137. The topological polar surface area (TPSA) is 66.9 Å². The number of methoxy groups -OCH3 is 1. The first-order chi connectivity index (χ1) is 10.5. The molecule has 0 radical (unpaired) electrons. The molecule has 3 rings (SSSR count). The molecule has 1 aromatic carbocycles. The summed E-state index contributed by atoms with van der Waals surface area (Å²) >= 11 is 0. The molecule has 0 N–H and O–H groups in total. The van der Waals surface area contributed by atoms with Crippen molar-refractivity contribution in [2.45, 2.75) is 38.3 Å². The summed E-state index contributed by atoms with van der Waals surface area (Å²) in [6.07, 6.45) is 1.86. The van der Waals surface area contributed by atoms with Crippen molar-refractivity contribution >= 4 is 23.4 Å². The molecule has 6 heteroatoms. The van der Waals surface area contributed by atoms with Crippen molar-refractivity contribution in [1.29, 1.82) is 0 Å². The van der Waals surface area contributed by atoms with Crippen molar-refractivity contribution < 1.29 is 19.1 Å². The molecule has 0 aromatic heterocycles. The molecule has 6 nitrogen and oxygen atoms in total. The van der Waals surface area contributed by atoms with Crippen LogP contribution in [0.2, 0.25) is 0 Å². The molecule has 0 bridgehead atoms. The van der Waals surface area contributed by atoms with Crippen LogP contribution in [0.4, 0.5) is 5.69 Å². The molecule has 0 spiro atoms. The van der Waals surface area contributed by atoms with E-state index in [-0.39, 0.29) is 30.2 Å². The zero-order valence-electron chi connectivity index (χ0n) is 12.6. The summed E-state index contributed by atoms with van der Waals surface area (Å²) in [5.74, 6) is -0.0858. The summed E-state index contributed by atoms with van der Waals surface area (Å²) in [5.41, 5.74) is 0.512. The monoisotopic (exact) mass is 302 g/mol. The Bertz CT molecular complexity index is 622. The Hall–Kier alpha value is -2.37. The molecule has 1 saturated heterocycles. The Balaban J connectivity index is 1.85. The molecular weight excluding hydrogens is 284 g/mol. The minimum absolute atomic E-state index is 0.0565. The van der Waals surface area contributed by atoms with E-state index >= 15 is 0 Å². The Morgan fingerprint density at radius 3 is 2.36 bits per heavy atom. The standard InChI is InChI=1S/C16H18N2O4/c1-10(19)17(11-3-4-11)14-9-15(20)18(16(14)21)12-5-7-13(22-2)8-6-12/h5-8,11,14H,3-4,9H2,1-2H3. The zero-order chi connectivity index (χ0) is 15.9. The summed E-state index contributed by atoms with van der Waals surface area (Å²) in [6, 6.07) is 6.19. The minimum Gasteiger partial charge on any atom is -0.497 e. The van der Waals surface area contributed by atoms with Crippen LogP contribution < -0.4 is 9.64 Å². The highest BCUT2D eigenvalue weighted by molar-refractivity contribution is 6.23. The van der Waals surface area contributed by atoms with E-state index in [1.807, 2.05) is 0 Å². The average molecular weight is 302 g/mol. The van der Waals surface area contributed by atoms with E-state index in [1.54, 1.807) is 36.3 Å². The lowest BCUT2D eigenvalue weighted by atomic mass is 10.2. The first kappa shape index (κ1) is 14.6. The van der Waals surface area contributed by atoms with Crippen molar-refractivity contribution in [3.63, 3.8) is 0 Å². The fraction of sp³-hybridized carbons (Fsp3) is 0.438. The average Bonchev–Trinajstić information content (AvgIpc) is 3.27. The summed E-state index contributed by atoms with van der Waals surface area (Å²) in [6.45, 7) is 1.45. The van der Waals surface area contributed by atoms with Crippen LogP contribution in [0.25, 0.3) is 0 Å². The highest BCUT2D eigenvalue weighted by Gasteiger charge is 2.47. The van der Waals surface area contributed by atoms with Gasteiger partial charge in [-0.3, -0.25) is 14.4 Å². The third-order valence-corrected chi connectivity index (χ3v) is 4.09. The number of rotatable bonds is 4. The molecule has 1 saturated carbocycles. The predicted molar refractivity (Wildman–Crippen MR) is 79.4 cm³/mol. The maximum absolute atomic E-state index is 12.6. The third-order valence-electron chi connectivity index (χ3n) is 4.09. The Kier molecular flexibility index (Phi) is 3.60. The number of imide groups is 1. The highest BCUT2D eigenvalue weighted by Crippen LogP contribution is 2.34. The van der Waals surface area contributed by atoms with E-state index in [2.05, 4.69) is 0 Å². The van der Waals surface area contributed by atoms with Crippen molar-refractivity contribution in [2.75, 3.05) is 12.0 Å². The van der Waals surface area contributed by atoms with Gasteiger partial charge in [-0.15, -0.1) is 0 Å². The Morgan fingerprint density at radius 2 is 1.86 bits per heavy atom. The molecule has 1 unspecified atom stereocenters. The maximum atomic E-state index is 12.6. The molecule has 2 fully saturated rings. The predicted octanol–water partition coefficient (Wildman–Crippen LogP) is 1.34. The van der Waals surface area contributed by atoms with Crippen molar-refractivity contribution in [3.05, 3.63) is 24.3 Å². The van der Waals surface area contributed by atoms with Crippen LogP contribution in [-0.4, -0.2) is 41.8 Å². The summed E-state index contributed by atoms with van der Waals surface area (Å²) in [7, 11) is 1.55. The van der Waals surface area contributed by atoms with Crippen molar-refractivity contribution in [3.8, 4) is 5.75 Å². The van der Waals surface area contributed by atoms with Crippen LogP contribution in [0.1, 0.15) is 26.2 Å². The number of anilines is 1. The van der Waals surface area contributed by atoms with Crippen LogP contribution in [0.5, 0.6) is 5.75 Å². The van der Waals surface area contributed by atoms with Crippen LogP contribution in [0.15, 0.2) is 24.3 Å². The van der Waals surface area contributed by atoms with Crippen LogP contribution >= 0.6 is 0 Å².